The maximum Gasteiger partial charge on any atom is 0.415 e. The molecule has 0 saturated carbocycles. The Bertz CT molecular complexity index is 471. The molecule has 16 heavy (non-hydrogen) atoms. The summed E-state index contributed by atoms with van der Waals surface area (Å²) in [6.07, 6.45) is -0.0896. The van der Waals surface area contributed by atoms with Gasteiger partial charge in [0.2, 0.25) is 6.10 Å². The highest BCUT2D eigenvalue weighted by Crippen LogP contribution is 2.21. The molecule has 1 amide bonds. The van der Waals surface area contributed by atoms with Crippen LogP contribution in [0.15, 0.2) is 24.3 Å². The number of benzene rings is 1. The molecule has 1 aliphatic heterocycles. The smallest absolute Gasteiger partial charge is 0.415 e. The maximum absolute atomic E-state index is 12.9. The topological polar surface area (TPSA) is 65.9 Å². The SMILES string of the molecule is [N-]=[N+]=CC1CN(c2cccc(F)c2)C(=O)O1. The molecule has 0 radical (unpaired) electrons. The first kappa shape index (κ1) is 10.3. The number of carbonyl (C=O) groups is 1. The fourth-order valence-corrected chi connectivity index (χ4v) is 1.49. The summed E-state index contributed by atoms with van der Waals surface area (Å²) in [6.45, 7) is 0.201. The first-order valence-electron chi connectivity index (χ1n) is 4.62. The lowest BCUT2D eigenvalue weighted by atomic mass is 10.2. The number of hydrogen-bond acceptors (Lipinski definition) is 2. The van der Waals surface area contributed by atoms with Crippen LogP contribution in [0.2, 0.25) is 0 Å². The first-order chi connectivity index (χ1) is 7.70. The van der Waals surface area contributed by atoms with Crippen molar-refractivity contribution >= 4 is 18.0 Å². The Morgan fingerprint density at radius 3 is 3.12 bits per heavy atom. The molecule has 6 heteroatoms. The summed E-state index contributed by atoms with van der Waals surface area (Å²) in [6, 6.07) is 5.63. The van der Waals surface area contributed by atoms with Crippen molar-refractivity contribution in [2.75, 3.05) is 11.4 Å². The summed E-state index contributed by atoms with van der Waals surface area (Å²) in [5, 5.41) is 0. The van der Waals surface area contributed by atoms with Gasteiger partial charge in [-0.3, -0.25) is 4.90 Å². The zero-order valence-corrected chi connectivity index (χ0v) is 8.21. The summed E-state index contributed by atoms with van der Waals surface area (Å²) in [4.78, 5) is 15.5. The van der Waals surface area contributed by atoms with E-state index in [0.29, 0.717) is 5.69 Å². The van der Waals surface area contributed by atoms with Gasteiger partial charge in [-0.25, -0.2) is 9.18 Å². The van der Waals surface area contributed by atoms with Gasteiger partial charge >= 0.3 is 6.09 Å². The molecule has 1 aliphatic rings. The van der Waals surface area contributed by atoms with Crippen LogP contribution in [-0.2, 0) is 4.74 Å². The number of rotatable bonds is 2. The molecule has 0 aliphatic carbocycles. The van der Waals surface area contributed by atoms with E-state index in [0.717, 1.165) is 6.21 Å². The van der Waals surface area contributed by atoms with E-state index < -0.39 is 18.0 Å². The number of anilines is 1. The highest BCUT2D eigenvalue weighted by atomic mass is 19.1. The summed E-state index contributed by atoms with van der Waals surface area (Å²) in [5.74, 6) is -0.426. The monoisotopic (exact) mass is 221 g/mol. The molecule has 1 atom stereocenters. The standard InChI is InChI=1S/C10H8FN3O2/c11-7-2-1-3-8(4-7)14-6-9(5-13-12)16-10(14)15/h1-5,9H,6H2. The molecule has 0 N–H and O–H groups in total. The molecule has 0 spiro atoms. The van der Waals surface area contributed by atoms with Gasteiger partial charge < -0.3 is 10.3 Å². The molecule has 0 aromatic heterocycles. The summed E-state index contributed by atoms with van der Waals surface area (Å²) < 4.78 is 17.8. The minimum Gasteiger partial charge on any atom is -0.432 e. The van der Waals surface area contributed by atoms with Crippen LogP contribution >= 0.6 is 0 Å². The van der Waals surface area contributed by atoms with Gasteiger partial charge in [-0.1, -0.05) is 6.07 Å². The van der Waals surface area contributed by atoms with E-state index in [9.17, 15) is 9.18 Å². The van der Waals surface area contributed by atoms with E-state index in [1.165, 1.54) is 23.1 Å². The van der Waals surface area contributed by atoms with E-state index in [1.807, 2.05) is 0 Å². The van der Waals surface area contributed by atoms with E-state index >= 15 is 0 Å². The van der Waals surface area contributed by atoms with E-state index in [4.69, 9.17) is 10.3 Å². The Labute approximate surface area is 90.7 Å². The van der Waals surface area contributed by atoms with E-state index in [-0.39, 0.29) is 6.54 Å². The van der Waals surface area contributed by atoms with Crippen LogP contribution in [0.4, 0.5) is 14.9 Å². The molecule has 0 bridgehead atoms. The number of carbonyl (C=O) groups excluding carboxylic acids is 1. The Morgan fingerprint density at radius 2 is 2.44 bits per heavy atom. The van der Waals surface area contributed by atoms with E-state index in [2.05, 4.69) is 4.79 Å². The predicted octanol–water partition coefficient (Wildman–Crippen LogP) is 1.45. The Hall–Kier alpha value is -2.20. The van der Waals surface area contributed by atoms with Crippen LogP contribution in [0.1, 0.15) is 0 Å². The molecule has 1 heterocycles. The van der Waals surface area contributed by atoms with Crippen molar-refractivity contribution in [3.63, 3.8) is 0 Å². The average molecular weight is 221 g/mol. The van der Waals surface area contributed by atoms with Gasteiger partial charge in [0.1, 0.15) is 5.82 Å². The van der Waals surface area contributed by atoms with Crippen LogP contribution in [0.25, 0.3) is 5.53 Å². The third-order valence-corrected chi connectivity index (χ3v) is 2.19. The minimum atomic E-state index is -0.610. The molecule has 82 valence electrons. The van der Waals surface area contributed by atoms with Gasteiger partial charge in [-0.2, -0.15) is 4.79 Å². The van der Waals surface area contributed by atoms with Crippen LogP contribution in [-0.4, -0.2) is 29.7 Å². The number of nitrogens with zero attached hydrogens (tertiary/aromatic N) is 3. The number of hydrogen-bond donors (Lipinski definition) is 0. The highest BCUT2D eigenvalue weighted by molar-refractivity contribution is 5.92. The zero-order chi connectivity index (χ0) is 11.5. The lowest BCUT2D eigenvalue weighted by molar-refractivity contribution is -0.00830. The molecule has 1 fully saturated rings. The molecule has 2 rings (SSSR count). The van der Waals surface area contributed by atoms with Gasteiger partial charge in [0.15, 0.2) is 0 Å². The van der Waals surface area contributed by atoms with Gasteiger partial charge in [-0.15, -0.1) is 0 Å². The maximum atomic E-state index is 12.9. The van der Waals surface area contributed by atoms with Crippen LogP contribution in [0, 0.1) is 5.82 Å². The average Bonchev–Trinajstić information content (AvgIpc) is 2.60. The molecule has 1 aromatic carbocycles. The number of ether oxygens (including phenoxy) is 1. The minimum absolute atomic E-state index is 0.201. The molecule has 1 saturated heterocycles. The van der Waals surface area contributed by atoms with Gasteiger partial charge in [0.05, 0.1) is 12.2 Å². The first-order valence-corrected chi connectivity index (χ1v) is 4.62. The normalized spacial score (nSPS) is 19.2. The molecule has 1 aromatic rings. The van der Waals surface area contributed by atoms with Gasteiger partial charge in [0, 0.05) is 0 Å². The predicted molar refractivity (Wildman–Crippen MR) is 53.7 cm³/mol. The van der Waals surface area contributed by atoms with Crippen LogP contribution in [0.5, 0.6) is 0 Å². The highest BCUT2D eigenvalue weighted by Gasteiger charge is 2.33. The van der Waals surface area contributed by atoms with Crippen molar-refractivity contribution in [3.8, 4) is 0 Å². The third-order valence-electron chi connectivity index (χ3n) is 2.19. The number of halogens is 1. The van der Waals surface area contributed by atoms with Crippen molar-refractivity contribution in [2.24, 2.45) is 0 Å². The lowest BCUT2D eigenvalue weighted by Gasteiger charge is -2.11. The van der Waals surface area contributed by atoms with Crippen molar-refractivity contribution in [3.05, 3.63) is 35.6 Å². The Kier molecular flexibility index (Phi) is 2.66. The van der Waals surface area contributed by atoms with Crippen molar-refractivity contribution in [1.82, 2.24) is 0 Å². The van der Waals surface area contributed by atoms with E-state index in [1.54, 1.807) is 6.07 Å². The Morgan fingerprint density at radius 1 is 1.62 bits per heavy atom. The van der Waals surface area contributed by atoms with Gasteiger partial charge in [-0.05, 0) is 18.2 Å². The molecular formula is C10H8FN3O2. The molecule has 5 nitrogen and oxygen atoms in total. The second-order valence-corrected chi connectivity index (χ2v) is 3.28. The number of amides is 1. The summed E-state index contributed by atoms with van der Waals surface area (Å²) >= 11 is 0. The summed E-state index contributed by atoms with van der Waals surface area (Å²) in [5.41, 5.74) is 8.73. The quantitative estimate of drug-likeness (QED) is 0.431. The number of cyclic esters (lactones) is 1. The Balaban J connectivity index is 2.23. The fourth-order valence-electron chi connectivity index (χ4n) is 1.49. The zero-order valence-electron chi connectivity index (χ0n) is 8.21. The second kappa shape index (κ2) is 4.12. The van der Waals surface area contributed by atoms with Crippen molar-refractivity contribution in [2.45, 2.75) is 6.10 Å². The largest absolute Gasteiger partial charge is 0.432 e. The lowest BCUT2D eigenvalue weighted by Crippen LogP contribution is -2.24. The van der Waals surface area contributed by atoms with Crippen LogP contribution < -0.4 is 4.90 Å². The summed E-state index contributed by atoms with van der Waals surface area (Å²) in [7, 11) is 0. The molecule has 1 unspecified atom stereocenters. The fraction of sp³-hybridized carbons (Fsp3) is 0.200. The third kappa shape index (κ3) is 1.92. The molecular weight excluding hydrogens is 213 g/mol. The van der Waals surface area contributed by atoms with Crippen molar-refractivity contribution < 1.29 is 18.7 Å². The van der Waals surface area contributed by atoms with Crippen molar-refractivity contribution in [1.29, 1.82) is 0 Å². The van der Waals surface area contributed by atoms with Crippen LogP contribution in [0.3, 0.4) is 0 Å². The second-order valence-electron chi connectivity index (χ2n) is 3.28. The van der Waals surface area contributed by atoms with Gasteiger partial charge in [0.25, 0.3) is 6.21 Å².